The van der Waals surface area contributed by atoms with E-state index in [9.17, 15) is 14.7 Å². The van der Waals surface area contributed by atoms with E-state index in [1.807, 2.05) is 24.4 Å². The Morgan fingerprint density at radius 3 is 2.38 bits per heavy atom. The van der Waals surface area contributed by atoms with Crippen molar-refractivity contribution in [2.24, 2.45) is 0 Å². The predicted molar refractivity (Wildman–Crippen MR) is 149 cm³/mol. The molecule has 200 valence electrons. The van der Waals surface area contributed by atoms with E-state index >= 15 is 0 Å². The SMILES string of the molecule is COc1ccc2[nH]cc(CCN3C(=O)C(=O)C(=C(O)c4ccc(Cl)cc4)[C@H]3c3ccc(OC)c(OC)c3)c2c1. The van der Waals surface area contributed by atoms with Gasteiger partial charge in [-0.05, 0) is 72.1 Å². The lowest BCUT2D eigenvalue weighted by Crippen LogP contribution is -2.31. The number of benzene rings is 3. The smallest absolute Gasteiger partial charge is 0.295 e. The van der Waals surface area contributed by atoms with Crippen molar-refractivity contribution in [1.82, 2.24) is 9.88 Å². The lowest BCUT2D eigenvalue weighted by Gasteiger charge is -2.26. The molecule has 0 radical (unpaired) electrons. The van der Waals surface area contributed by atoms with Gasteiger partial charge >= 0.3 is 0 Å². The molecule has 1 fully saturated rings. The number of likely N-dealkylation sites (tertiary alicyclic amines) is 1. The molecule has 2 heterocycles. The van der Waals surface area contributed by atoms with Crippen LogP contribution < -0.4 is 14.2 Å². The van der Waals surface area contributed by atoms with E-state index in [0.29, 0.717) is 34.1 Å². The number of aliphatic hydroxyl groups excluding tert-OH is 1. The molecule has 1 aliphatic rings. The van der Waals surface area contributed by atoms with Crippen molar-refractivity contribution in [3.63, 3.8) is 0 Å². The fourth-order valence-electron chi connectivity index (χ4n) is 4.98. The van der Waals surface area contributed by atoms with E-state index in [2.05, 4.69) is 4.98 Å². The van der Waals surface area contributed by atoms with Crippen LogP contribution in [0.15, 0.2) is 72.4 Å². The van der Waals surface area contributed by atoms with Gasteiger partial charge in [0.25, 0.3) is 11.7 Å². The van der Waals surface area contributed by atoms with E-state index in [4.69, 9.17) is 25.8 Å². The molecular formula is C30H27ClN2O6. The Morgan fingerprint density at radius 2 is 1.69 bits per heavy atom. The summed E-state index contributed by atoms with van der Waals surface area (Å²) in [5, 5.41) is 12.7. The third-order valence-electron chi connectivity index (χ3n) is 6.98. The fraction of sp³-hybridized carbons (Fsp3) is 0.200. The number of aromatic nitrogens is 1. The molecule has 3 aromatic carbocycles. The van der Waals surface area contributed by atoms with E-state index in [1.54, 1.807) is 49.6 Å². The van der Waals surface area contributed by atoms with E-state index in [1.165, 1.54) is 19.1 Å². The minimum atomic E-state index is -0.847. The van der Waals surface area contributed by atoms with E-state index in [0.717, 1.165) is 22.2 Å². The molecule has 0 spiro atoms. The van der Waals surface area contributed by atoms with Gasteiger partial charge in [-0.1, -0.05) is 17.7 Å². The van der Waals surface area contributed by atoms with Crippen molar-refractivity contribution in [3.05, 3.63) is 94.1 Å². The summed E-state index contributed by atoms with van der Waals surface area (Å²) >= 11 is 6.02. The van der Waals surface area contributed by atoms with Gasteiger partial charge in [-0.15, -0.1) is 0 Å². The maximum absolute atomic E-state index is 13.4. The number of hydrogen-bond donors (Lipinski definition) is 2. The standard InChI is InChI=1S/C30H27ClN2O6/c1-37-21-9-10-23-22(15-21)19(16-32-23)12-13-33-27(18-6-11-24(38-2)25(14-18)39-3)26(29(35)30(33)36)28(34)17-4-7-20(31)8-5-17/h4-11,14-16,27,32,34H,12-13H2,1-3H3/t27-/m1/s1. The monoisotopic (exact) mass is 546 g/mol. The molecule has 0 bridgehead atoms. The number of hydrogen-bond acceptors (Lipinski definition) is 6. The van der Waals surface area contributed by atoms with Gasteiger partial charge in [0.15, 0.2) is 11.5 Å². The highest BCUT2D eigenvalue weighted by Crippen LogP contribution is 2.42. The zero-order chi connectivity index (χ0) is 27.7. The number of methoxy groups -OCH3 is 3. The molecule has 1 saturated heterocycles. The van der Waals surface area contributed by atoms with Crippen molar-refractivity contribution in [2.45, 2.75) is 12.5 Å². The first-order valence-corrected chi connectivity index (χ1v) is 12.6. The highest BCUT2D eigenvalue weighted by Gasteiger charge is 2.46. The number of carbonyl (C=O) groups is 2. The van der Waals surface area contributed by atoms with Gasteiger partial charge < -0.3 is 29.2 Å². The van der Waals surface area contributed by atoms with Crippen LogP contribution >= 0.6 is 11.6 Å². The minimum Gasteiger partial charge on any atom is -0.507 e. The number of nitrogens with one attached hydrogen (secondary N) is 1. The number of halogens is 1. The van der Waals surface area contributed by atoms with Crippen molar-refractivity contribution < 1.29 is 28.9 Å². The Balaban J connectivity index is 1.59. The highest BCUT2D eigenvalue weighted by atomic mass is 35.5. The van der Waals surface area contributed by atoms with Crippen molar-refractivity contribution in [2.75, 3.05) is 27.9 Å². The quantitative estimate of drug-likeness (QED) is 0.172. The van der Waals surface area contributed by atoms with Crippen LogP contribution in [0.25, 0.3) is 16.7 Å². The maximum Gasteiger partial charge on any atom is 0.295 e. The van der Waals surface area contributed by atoms with Crippen molar-refractivity contribution in [3.8, 4) is 17.2 Å². The summed E-state index contributed by atoms with van der Waals surface area (Å²) < 4.78 is 16.2. The van der Waals surface area contributed by atoms with Crippen LogP contribution in [0.3, 0.4) is 0 Å². The first-order valence-electron chi connectivity index (χ1n) is 12.3. The first kappa shape index (κ1) is 26.2. The molecule has 39 heavy (non-hydrogen) atoms. The second kappa shape index (κ2) is 10.7. The highest BCUT2D eigenvalue weighted by molar-refractivity contribution is 6.46. The summed E-state index contributed by atoms with van der Waals surface area (Å²) in [6, 6.07) is 16.5. The fourth-order valence-corrected chi connectivity index (χ4v) is 5.10. The number of H-pyrrole nitrogens is 1. The Morgan fingerprint density at radius 1 is 0.949 bits per heavy atom. The van der Waals surface area contributed by atoms with Crippen LogP contribution in [-0.4, -0.2) is 54.6 Å². The van der Waals surface area contributed by atoms with E-state index < -0.39 is 17.7 Å². The molecule has 1 amide bonds. The molecule has 0 unspecified atom stereocenters. The number of carbonyl (C=O) groups excluding carboxylic acids is 2. The minimum absolute atomic E-state index is 0.00450. The summed E-state index contributed by atoms with van der Waals surface area (Å²) in [7, 11) is 4.65. The first-order chi connectivity index (χ1) is 18.9. The van der Waals surface area contributed by atoms with Gasteiger partial charge in [0.1, 0.15) is 11.5 Å². The number of nitrogens with zero attached hydrogens (tertiary/aromatic N) is 1. The summed E-state index contributed by atoms with van der Waals surface area (Å²) in [5.41, 5.74) is 2.88. The van der Waals surface area contributed by atoms with Gasteiger partial charge in [-0.25, -0.2) is 0 Å². The molecule has 2 N–H and O–H groups in total. The van der Waals surface area contributed by atoms with Crippen LogP contribution in [0.1, 0.15) is 22.7 Å². The van der Waals surface area contributed by atoms with Crippen LogP contribution in [-0.2, 0) is 16.0 Å². The number of aromatic amines is 1. The lowest BCUT2D eigenvalue weighted by molar-refractivity contribution is -0.139. The number of aliphatic hydroxyl groups is 1. The number of fused-ring (bicyclic) bond motifs is 1. The van der Waals surface area contributed by atoms with Gasteiger partial charge in [0.05, 0.1) is 32.9 Å². The van der Waals surface area contributed by atoms with Crippen LogP contribution in [0.2, 0.25) is 5.02 Å². The Bertz CT molecular complexity index is 1590. The normalized spacial score (nSPS) is 16.6. The molecule has 0 aliphatic carbocycles. The summed E-state index contributed by atoms with van der Waals surface area (Å²) in [6.45, 7) is 0.227. The van der Waals surface area contributed by atoms with Gasteiger partial charge in [0.2, 0.25) is 0 Å². The number of ketones is 1. The Labute approximate surface area is 230 Å². The maximum atomic E-state index is 13.4. The lowest BCUT2D eigenvalue weighted by atomic mass is 9.95. The topological polar surface area (TPSA) is 101 Å². The molecule has 1 atom stereocenters. The van der Waals surface area contributed by atoms with Crippen molar-refractivity contribution in [1.29, 1.82) is 0 Å². The molecule has 0 saturated carbocycles. The number of Topliss-reactive ketones (excluding diaryl/α,β-unsaturated/α-hetero) is 1. The molecule has 9 heteroatoms. The number of amides is 1. The molecule has 5 rings (SSSR count). The van der Waals surface area contributed by atoms with Crippen LogP contribution in [0, 0.1) is 0 Å². The summed E-state index contributed by atoms with van der Waals surface area (Å²) in [6.07, 6.45) is 2.35. The summed E-state index contributed by atoms with van der Waals surface area (Å²) in [5.74, 6) is -0.0637. The molecule has 1 aromatic heterocycles. The Hall–Kier alpha value is -4.43. The zero-order valence-electron chi connectivity index (χ0n) is 21.7. The summed E-state index contributed by atoms with van der Waals surface area (Å²) in [4.78, 5) is 31.6. The average Bonchev–Trinajstić information content (AvgIpc) is 3.48. The van der Waals surface area contributed by atoms with Gasteiger partial charge in [-0.2, -0.15) is 0 Å². The largest absolute Gasteiger partial charge is 0.507 e. The van der Waals surface area contributed by atoms with Crippen LogP contribution in [0.5, 0.6) is 17.2 Å². The average molecular weight is 547 g/mol. The third kappa shape index (κ3) is 4.79. The molecular weight excluding hydrogens is 520 g/mol. The van der Waals surface area contributed by atoms with Gasteiger partial charge in [-0.3, -0.25) is 9.59 Å². The van der Waals surface area contributed by atoms with Crippen LogP contribution in [0.4, 0.5) is 0 Å². The number of rotatable bonds is 8. The third-order valence-corrected chi connectivity index (χ3v) is 7.23. The van der Waals surface area contributed by atoms with Gasteiger partial charge in [0, 0.05) is 34.2 Å². The Kier molecular flexibility index (Phi) is 7.21. The molecule has 8 nitrogen and oxygen atoms in total. The second-order valence-electron chi connectivity index (χ2n) is 9.09. The zero-order valence-corrected chi connectivity index (χ0v) is 22.4. The molecule has 4 aromatic rings. The molecule has 1 aliphatic heterocycles. The predicted octanol–water partition coefficient (Wildman–Crippen LogP) is 5.51. The van der Waals surface area contributed by atoms with E-state index in [-0.39, 0.29) is 17.9 Å². The van der Waals surface area contributed by atoms with Crippen molar-refractivity contribution >= 4 is 40.0 Å². The second-order valence-corrected chi connectivity index (χ2v) is 9.53. The number of ether oxygens (including phenoxy) is 3.